The first-order valence-corrected chi connectivity index (χ1v) is 4.13. The van der Waals surface area contributed by atoms with E-state index in [0.717, 1.165) is 4.48 Å². The van der Waals surface area contributed by atoms with Gasteiger partial charge >= 0.3 is 0 Å². The van der Waals surface area contributed by atoms with Gasteiger partial charge in [-0.15, -0.1) is 0 Å². The lowest BCUT2D eigenvalue weighted by molar-refractivity contribution is -0.902. The Morgan fingerprint density at radius 1 is 1.08 bits per heavy atom. The summed E-state index contributed by atoms with van der Waals surface area (Å²) < 4.78 is 0.754. The van der Waals surface area contributed by atoms with E-state index >= 15 is 0 Å². The lowest BCUT2D eigenvalue weighted by atomic mass is 10.1. The summed E-state index contributed by atoms with van der Waals surface area (Å²) in [5.74, 6) is 0. The van der Waals surface area contributed by atoms with Crippen LogP contribution in [0.3, 0.4) is 0 Å². The molecule has 0 radical (unpaired) electrons. The highest BCUT2D eigenvalue weighted by Crippen LogP contribution is 2.16. The van der Waals surface area contributed by atoms with Crippen molar-refractivity contribution < 1.29 is 16.9 Å². The van der Waals surface area contributed by atoms with E-state index < -0.39 is 0 Å². The monoisotopic (exact) mass is 200 g/mol. The first kappa shape index (κ1) is 12.4. The molecular formula is C10H17ClN2. The van der Waals surface area contributed by atoms with Crippen LogP contribution < -0.4 is 18.1 Å². The molecule has 0 aliphatic heterocycles. The molecule has 74 valence electrons. The van der Waals surface area contributed by atoms with Gasteiger partial charge in [-0.2, -0.15) is 0 Å². The Bertz CT molecular complexity index is 241. The van der Waals surface area contributed by atoms with Crippen molar-refractivity contribution in [3.8, 4) is 0 Å². The predicted octanol–water partition coefficient (Wildman–Crippen LogP) is -1.65. The summed E-state index contributed by atoms with van der Waals surface area (Å²) in [5.41, 5.74) is 7.23. The highest BCUT2D eigenvalue weighted by Gasteiger charge is 2.19. The van der Waals surface area contributed by atoms with E-state index in [1.807, 2.05) is 18.2 Å². The molecule has 1 aromatic rings. The van der Waals surface area contributed by atoms with Crippen LogP contribution in [0, 0.1) is 0 Å². The first-order chi connectivity index (χ1) is 5.52. The van der Waals surface area contributed by atoms with Gasteiger partial charge in [-0.1, -0.05) is 30.3 Å². The van der Waals surface area contributed by atoms with Crippen molar-refractivity contribution in [1.29, 1.82) is 0 Å². The largest absolute Gasteiger partial charge is 1.00 e. The van der Waals surface area contributed by atoms with Crippen LogP contribution >= 0.6 is 0 Å². The van der Waals surface area contributed by atoms with Gasteiger partial charge in [0.15, 0.2) is 6.17 Å². The summed E-state index contributed by atoms with van der Waals surface area (Å²) in [6, 6.07) is 10.2. The van der Waals surface area contributed by atoms with E-state index in [4.69, 9.17) is 5.73 Å². The number of quaternary nitrogens is 1. The molecule has 0 amide bonds. The Morgan fingerprint density at radius 3 is 1.92 bits per heavy atom. The van der Waals surface area contributed by atoms with Gasteiger partial charge in [0.25, 0.3) is 0 Å². The Labute approximate surface area is 86.4 Å². The smallest absolute Gasteiger partial charge is 0.166 e. The van der Waals surface area contributed by atoms with Gasteiger partial charge < -0.3 is 16.9 Å². The minimum atomic E-state index is 0. The van der Waals surface area contributed by atoms with Crippen LogP contribution in [0.1, 0.15) is 11.7 Å². The lowest BCUT2D eigenvalue weighted by Crippen LogP contribution is -3.00. The number of hydrogen-bond acceptors (Lipinski definition) is 1. The summed E-state index contributed by atoms with van der Waals surface area (Å²) in [4.78, 5) is 0. The van der Waals surface area contributed by atoms with Gasteiger partial charge in [0.05, 0.1) is 21.1 Å². The van der Waals surface area contributed by atoms with Crippen LogP contribution in [-0.4, -0.2) is 25.6 Å². The maximum absolute atomic E-state index is 6.04. The first-order valence-electron chi connectivity index (χ1n) is 4.13. The second-order valence-electron chi connectivity index (χ2n) is 3.97. The molecule has 0 spiro atoms. The number of nitrogens with zero attached hydrogens (tertiary/aromatic N) is 1. The predicted molar refractivity (Wildman–Crippen MR) is 51.4 cm³/mol. The van der Waals surface area contributed by atoms with Crippen LogP contribution in [0.2, 0.25) is 0 Å². The minimum absolute atomic E-state index is 0. The van der Waals surface area contributed by atoms with Crippen molar-refractivity contribution in [2.45, 2.75) is 6.17 Å². The molecule has 2 N–H and O–H groups in total. The Morgan fingerprint density at radius 2 is 1.54 bits per heavy atom. The molecule has 1 atom stereocenters. The van der Waals surface area contributed by atoms with E-state index in [9.17, 15) is 0 Å². The Hall–Kier alpha value is -0.570. The van der Waals surface area contributed by atoms with Gasteiger partial charge in [0.1, 0.15) is 0 Å². The third-order valence-corrected chi connectivity index (χ3v) is 1.98. The number of benzene rings is 1. The Balaban J connectivity index is 0.00000144. The third kappa shape index (κ3) is 3.35. The number of halogens is 1. The molecule has 0 saturated carbocycles. The lowest BCUT2D eigenvalue weighted by Gasteiger charge is -2.31. The molecule has 1 unspecified atom stereocenters. The molecule has 3 heteroatoms. The van der Waals surface area contributed by atoms with Crippen LogP contribution in [0.5, 0.6) is 0 Å². The van der Waals surface area contributed by atoms with E-state index in [1.165, 1.54) is 5.56 Å². The molecule has 0 aromatic heterocycles. The van der Waals surface area contributed by atoms with Crippen LogP contribution in [-0.2, 0) is 0 Å². The van der Waals surface area contributed by atoms with Crippen molar-refractivity contribution in [2.24, 2.45) is 5.73 Å². The molecule has 13 heavy (non-hydrogen) atoms. The van der Waals surface area contributed by atoms with Crippen LogP contribution in [0.4, 0.5) is 0 Å². The zero-order chi connectivity index (χ0) is 9.19. The van der Waals surface area contributed by atoms with Gasteiger partial charge in [-0.3, -0.25) is 5.73 Å². The summed E-state index contributed by atoms with van der Waals surface area (Å²) in [5, 5.41) is 0. The highest BCUT2D eigenvalue weighted by atomic mass is 35.5. The van der Waals surface area contributed by atoms with Crippen LogP contribution in [0.15, 0.2) is 30.3 Å². The van der Waals surface area contributed by atoms with Gasteiger partial charge in [0, 0.05) is 5.56 Å². The quantitative estimate of drug-likeness (QED) is 0.450. The fraction of sp³-hybridized carbons (Fsp3) is 0.400. The molecule has 2 nitrogen and oxygen atoms in total. The van der Waals surface area contributed by atoms with E-state index in [-0.39, 0.29) is 18.6 Å². The normalized spacial score (nSPS) is 13.2. The van der Waals surface area contributed by atoms with Crippen molar-refractivity contribution >= 4 is 0 Å². The van der Waals surface area contributed by atoms with Crippen molar-refractivity contribution in [1.82, 2.24) is 0 Å². The SMILES string of the molecule is C[N+](C)(C)C(N)c1ccccc1.[Cl-]. The average Bonchev–Trinajstić information content (AvgIpc) is 2.03. The molecule has 1 aromatic carbocycles. The maximum atomic E-state index is 6.04. The molecule has 0 aliphatic carbocycles. The zero-order valence-corrected chi connectivity index (χ0v) is 9.12. The summed E-state index contributed by atoms with van der Waals surface area (Å²) in [6.07, 6.45) is 0.0613. The molecule has 0 aliphatic rings. The minimum Gasteiger partial charge on any atom is -1.00 e. The van der Waals surface area contributed by atoms with Crippen LogP contribution in [0.25, 0.3) is 0 Å². The van der Waals surface area contributed by atoms with E-state index in [0.29, 0.717) is 0 Å². The molecule has 0 heterocycles. The second kappa shape index (κ2) is 4.61. The summed E-state index contributed by atoms with van der Waals surface area (Å²) in [6.45, 7) is 0. The van der Waals surface area contributed by atoms with Gasteiger partial charge in [-0.25, -0.2) is 0 Å². The van der Waals surface area contributed by atoms with Crippen molar-refractivity contribution in [3.05, 3.63) is 35.9 Å². The highest BCUT2D eigenvalue weighted by molar-refractivity contribution is 5.16. The Kier molecular flexibility index (Phi) is 4.40. The van der Waals surface area contributed by atoms with Gasteiger partial charge in [0.2, 0.25) is 0 Å². The number of nitrogens with two attached hydrogens (primary N) is 1. The molecule has 0 fully saturated rings. The summed E-state index contributed by atoms with van der Waals surface area (Å²) >= 11 is 0. The number of hydrogen-bond donors (Lipinski definition) is 1. The molecule has 0 saturated heterocycles. The van der Waals surface area contributed by atoms with E-state index in [1.54, 1.807) is 0 Å². The number of rotatable bonds is 2. The topological polar surface area (TPSA) is 26.0 Å². The van der Waals surface area contributed by atoms with Crippen molar-refractivity contribution in [3.63, 3.8) is 0 Å². The van der Waals surface area contributed by atoms with E-state index in [2.05, 4.69) is 33.3 Å². The molecule has 0 bridgehead atoms. The maximum Gasteiger partial charge on any atom is 0.166 e. The average molecular weight is 201 g/mol. The molecular weight excluding hydrogens is 184 g/mol. The zero-order valence-electron chi connectivity index (χ0n) is 8.37. The second-order valence-corrected chi connectivity index (χ2v) is 3.97. The van der Waals surface area contributed by atoms with Crippen molar-refractivity contribution in [2.75, 3.05) is 21.1 Å². The fourth-order valence-corrected chi connectivity index (χ4v) is 1.10. The molecule has 1 rings (SSSR count). The third-order valence-electron chi connectivity index (χ3n) is 1.98. The van der Waals surface area contributed by atoms with Gasteiger partial charge in [-0.05, 0) is 0 Å². The summed E-state index contributed by atoms with van der Waals surface area (Å²) in [7, 11) is 6.28. The standard InChI is InChI=1S/C10H17N2.ClH/c1-12(2,3)10(11)9-7-5-4-6-8-9;/h4-8,10H,11H2,1-3H3;1H/q+1;/p-1. The fourth-order valence-electron chi connectivity index (χ4n) is 1.10.